The molecule has 16 heavy (non-hydrogen) atoms. The normalized spacial score (nSPS) is 10.2. The summed E-state index contributed by atoms with van der Waals surface area (Å²) < 4.78 is 6.65. The fourth-order valence-electron chi connectivity index (χ4n) is 1.42. The summed E-state index contributed by atoms with van der Waals surface area (Å²) in [5.41, 5.74) is 0.724. The third-order valence-corrected chi connectivity index (χ3v) is 2.85. The molecule has 1 rings (SSSR count). The molecule has 0 aliphatic heterocycles. The van der Waals surface area contributed by atoms with E-state index < -0.39 is 0 Å². The van der Waals surface area contributed by atoms with Gasteiger partial charge in [-0.2, -0.15) is 0 Å². The lowest BCUT2D eigenvalue weighted by Crippen LogP contribution is -2.05. The van der Waals surface area contributed by atoms with Crippen LogP contribution in [-0.4, -0.2) is 12.4 Å². The highest BCUT2D eigenvalue weighted by Crippen LogP contribution is 2.23. The summed E-state index contributed by atoms with van der Waals surface area (Å²) in [6.07, 6.45) is 2.41. The molecule has 3 heteroatoms. The highest BCUT2D eigenvalue weighted by atomic mass is 127. The van der Waals surface area contributed by atoms with E-state index in [1.807, 2.05) is 25.1 Å². The van der Waals surface area contributed by atoms with Crippen molar-refractivity contribution in [2.45, 2.75) is 33.1 Å². The predicted molar refractivity (Wildman–Crippen MR) is 74.2 cm³/mol. The standard InChI is InChI=1S/C13H17IO2/c1-3-5-12(15)11-9-10(14)6-7-13(11)16-8-4-2/h6-7,9H,3-5,8H2,1-2H3. The van der Waals surface area contributed by atoms with E-state index in [1.54, 1.807) is 0 Å². The Hall–Kier alpha value is -0.580. The van der Waals surface area contributed by atoms with Crippen molar-refractivity contribution in [3.05, 3.63) is 27.3 Å². The number of hydrogen-bond donors (Lipinski definition) is 0. The highest BCUT2D eigenvalue weighted by molar-refractivity contribution is 14.1. The molecule has 0 bridgehead atoms. The lowest BCUT2D eigenvalue weighted by Gasteiger charge is -2.10. The number of ketones is 1. The first-order valence-corrected chi connectivity index (χ1v) is 6.72. The second-order valence-electron chi connectivity index (χ2n) is 3.66. The van der Waals surface area contributed by atoms with Crippen molar-refractivity contribution in [2.24, 2.45) is 0 Å². The summed E-state index contributed by atoms with van der Waals surface area (Å²) in [5.74, 6) is 0.896. The fraction of sp³-hybridized carbons (Fsp3) is 0.462. The van der Waals surface area contributed by atoms with Crippen molar-refractivity contribution in [1.29, 1.82) is 0 Å². The summed E-state index contributed by atoms with van der Waals surface area (Å²) in [4.78, 5) is 11.9. The average molecular weight is 332 g/mol. The molecule has 0 aromatic heterocycles. The predicted octanol–water partition coefficient (Wildman–Crippen LogP) is 4.06. The number of ether oxygens (including phenoxy) is 1. The van der Waals surface area contributed by atoms with Gasteiger partial charge in [0.15, 0.2) is 5.78 Å². The molecule has 88 valence electrons. The summed E-state index contributed by atoms with van der Waals surface area (Å²) in [5, 5.41) is 0. The highest BCUT2D eigenvalue weighted by Gasteiger charge is 2.12. The van der Waals surface area contributed by atoms with Gasteiger partial charge in [0.05, 0.1) is 12.2 Å². The Bertz CT molecular complexity index is 361. The number of carbonyl (C=O) groups is 1. The summed E-state index contributed by atoms with van der Waals surface area (Å²) in [6, 6.07) is 5.76. The van der Waals surface area contributed by atoms with E-state index in [0.29, 0.717) is 13.0 Å². The van der Waals surface area contributed by atoms with Gasteiger partial charge < -0.3 is 4.74 Å². The molecule has 0 radical (unpaired) electrons. The van der Waals surface area contributed by atoms with Crippen molar-refractivity contribution in [2.75, 3.05) is 6.61 Å². The van der Waals surface area contributed by atoms with Gasteiger partial charge in [0.2, 0.25) is 0 Å². The quantitative estimate of drug-likeness (QED) is 0.580. The maximum absolute atomic E-state index is 11.9. The van der Waals surface area contributed by atoms with Crippen LogP contribution >= 0.6 is 22.6 Å². The molecule has 0 spiro atoms. The minimum atomic E-state index is 0.173. The van der Waals surface area contributed by atoms with Crippen LogP contribution in [0.15, 0.2) is 18.2 Å². The summed E-state index contributed by atoms with van der Waals surface area (Å²) >= 11 is 2.21. The van der Waals surface area contributed by atoms with Crippen LogP contribution in [0.3, 0.4) is 0 Å². The molecule has 0 amide bonds. The molecular formula is C13H17IO2. The number of rotatable bonds is 6. The van der Waals surface area contributed by atoms with E-state index in [4.69, 9.17) is 4.74 Å². The van der Waals surface area contributed by atoms with Crippen LogP contribution in [0.25, 0.3) is 0 Å². The summed E-state index contributed by atoms with van der Waals surface area (Å²) in [6.45, 7) is 4.73. The van der Waals surface area contributed by atoms with Crippen LogP contribution in [0.4, 0.5) is 0 Å². The van der Waals surface area contributed by atoms with Gasteiger partial charge in [-0.15, -0.1) is 0 Å². The number of Topliss-reactive ketones (excluding diaryl/α,β-unsaturated/α-hetero) is 1. The Labute approximate surface area is 111 Å². The Balaban J connectivity index is 2.93. The minimum Gasteiger partial charge on any atom is -0.493 e. The molecule has 0 aliphatic rings. The zero-order chi connectivity index (χ0) is 12.0. The van der Waals surface area contributed by atoms with E-state index in [0.717, 1.165) is 27.7 Å². The van der Waals surface area contributed by atoms with Crippen molar-refractivity contribution in [3.63, 3.8) is 0 Å². The van der Waals surface area contributed by atoms with Crippen LogP contribution in [0.1, 0.15) is 43.5 Å². The van der Waals surface area contributed by atoms with Crippen molar-refractivity contribution >= 4 is 28.4 Å². The van der Waals surface area contributed by atoms with Crippen molar-refractivity contribution < 1.29 is 9.53 Å². The van der Waals surface area contributed by atoms with Gasteiger partial charge in [-0.05, 0) is 53.6 Å². The average Bonchev–Trinajstić information content (AvgIpc) is 2.27. The van der Waals surface area contributed by atoms with Crippen molar-refractivity contribution in [3.8, 4) is 5.75 Å². The van der Waals surface area contributed by atoms with Crippen LogP contribution < -0.4 is 4.74 Å². The first-order valence-electron chi connectivity index (χ1n) is 5.64. The molecular weight excluding hydrogens is 315 g/mol. The van der Waals surface area contributed by atoms with Gasteiger partial charge in [-0.1, -0.05) is 13.8 Å². The van der Waals surface area contributed by atoms with E-state index in [2.05, 4.69) is 29.5 Å². The Kier molecular flexibility index (Phi) is 5.80. The minimum absolute atomic E-state index is 0.173. The van der Waals surface area contributed by atoms with Crippen LogP contribution in [0.2, 0.25) is 0 Å². The maximum Gasteiger partial charge on any atom is 0.166 e. The molecule has 0 heterocycles. The second-order valence-corrected chi connectivity index (χ2v) is 4.91. The Morgan fingerprint density at radius 3 is 2.69 bits per heavy atom. The molecule has 0 saturated heterocycles. The Morgan fingerprint density at radius 2 is 2.06 bits per heavy atom. The molecule has 1 aromatic carbocycles. The topological polar surface area (TPSA) is 26.3 Å². The van der Waals surface area contributed by atoms with Gasteiger partial charge in [-0.25, -0.2) is 0 Å². The molecule has 2 nitrogen and oxygen atoms in total. The third kappa shape index (κ3) is 3.77. The van der Waals surface area contributed by atoms with Gasteiger partial charge in [0, 0.05) is 9.99 Å². The monoisotopic (exact) mass is 332 g/mol. The fourth-order valence-corrected chi connectivity index (χ4v) is 1.91. The van der Waals surface area contributed by atoms with E-state index in [9.17, 15) is 4.79 Å². The molecule has 0 aliphatic carbocycles. The number of carbonyl (C=O) groups excluding carboxylic acids is 1. The molecule has 0 unspecified atom stereocenters. The number of halogens is 1. The zero-order valence-corrected chi connectivity index (χ0v) is 11.9. The van der Waals surface area contributed by atoms with E-state index >= 15 is 0 Å². The molecule has 0 N–H and O–H groups in total. The SMILES string of the molecule is CCCOc1ccc(I)cc1C(=O)CCC. The largest absolute Gasteiger partial charge is 0.493 e. The molecule has 1 aromatic rings. The zero-order valence-electron chi connectivity index (χ0n) is 9.75. The smallest absolute Gasteiger partial charge is 0.166 e. The molecule has 0 atom stereocenters. The van der Waals surface area contributed by atoms with Gasteiger partial charge in [0.1, 0.15) is 5.75 Å². The number of hydrogen-bond acceptors (Lipinski definition) is 2. The van der Waals surface area contributed by atoms with Gasteiger partial charge in [-0.3, -0.25) is 4.79 Å². The van der Waals surface area contributed by atoms with E-state index in [1.165, 1.54) is 0 Å². The lowest BCUT2D eigenvalue weighted by molar-refractivity contribution is 0.0977. The maximum atomic E-state index is 11.9. The first-order chi connectivity index (χ1) is 7.69. The lowest BCUT2D eigenvalue weighted by atomic mass is 10.1. The van der Waals surface area contributed by atoms with Crippen LogP contribution in [-0.2, 0) is 0 Å². The van der Waals surface area contributed by atoms with Gasteiger partial charge in [0.25, 0.3) is 0 Å². The van der Waals surface area contributed by atoms with Crippen molar-refractivity contribution in [1.82, 2.24) is 0 Å². The molecule has 0 fully saturated rings. The Morgan fingerprint density at radius 1 is 1.31 bits per heavy atom. The van der Waals surface area contributed by atoms with Crippen LogP contribution in [0, 0.1) is 3.57 Å². The summed E-state index contributed by atoms with van der Waals surface area (Å²) in [7, 11) is 0. The van der Waals surface area contributed by atoms with Crippen LogP contribution in [0.5, 0.6) is 5.75 Å². The molecule has 0 saturated carbocycles. The van der Waals surface area contributed by atoms with Gasteiger partial charge >= 0.3 is 0 Å². The second kappa shape index (κ2) is 6.89. The third-order valence-electron chi connectivity index (χ3n) is 2.18. The number of benzene rings is 1. The van der Waals surface area contributed by atoms with E-state index in [-0.39, 0.29) is 5.78 Å². The first kappa shape index (κ1) is 13.5.